The van der Waals surface area contributed by atoms with Crippen molar-refractivity contribution in [2.45, 2.75) is 41.5 Å². The van der Waals surface area contributed by atoms with Crippen LogP contribution >= 0.6 is 7.92 Å². The number of hydrogen-bond acceptors (Lipinski definition) is 0. The van der Waals surface area contributed by atoms with Gasteiger partial charge >= 0.3 is 0 Å². The Morgan fingerprint density at radius 1 is 0.243 bits per heavy atom. The highest BCUT2D eigenvalue weighted by molar-refractivity contribution is 7.80. The summed E-state index contributed by atoms with van der Waals surface area (Å²) in [5.74, 6) is -71.4. The van der Waals surface area contributed by atoms with Crippen LogP contribution in [-0.4, -0.2) is 6.15 Å². The molecule has 0 heterocycles. The first-order valence-corrected chi connectivity index (χ1v) is 21.2. The van der Waals surface area contributed by atoms with Gasteiger partial charge in [-0.2, -0.15) is 0 Å². The largest absolute Gasteiger partial charge is 0.207 e. The molecule has 368 valence electrons. The smallest absolute Gasteiger partial charge is 0.200 e. The predicted octanol–water partition coefficient (Wildman–Crippen LogP) is 11.1. The molecule has 0 saturated heterocycles. The summed E-state index contributed by atoms with van der Waals surface area (Å²) >= 11 is 0. The highest BCUT2D eigenvalue weighted by Crippen LogP contribution is 2.38. The van der Waals surface area contributed by atoms with E-state index < -0.39 is 152 Å². The van der Waals surface area contributed by atoms with Gasteiger partial charge in [-0.25, -0.2) is 87.8 Å². The van der Waals surface area contributed by atoms with Crippen molar-refractivity contribution in [3.63, 3.8) is 0 Å². The van der Waals surface area contributed by atoms with Gasteiger partial charge in [0.15, 0.2) is 69.8 Å². The third kappa shape index (κ3) is 8.06. The monoisotopic (exact) mass is 1030 g/mol. The van der Waals surface area contributed by atoms with Gasteiger partial charge in [0.05, 0.1) is 0 Å². The Hall–Kier alpha value is -6.37. The topological polar surface area (TPSA) is 0 Å². The molecule has 0 spiro atoms. The molecule has 0 bridgehead atoms. The summed E-state index contributed by atoms with van der Waals surface area (Å²) in [7, 11) is -0.557. The molecule has 0 unspecified atom stereocenters. The molecule has 0 aromatic heterocycles. The lowest BCUT2D eigenvalue weighted by Crippen LogP contribution is -2.81. The number of benzene rings is 7. The molecular formula is C48H27BF20P-. The third-order valence-corrected chi connectivity index (χ3v) is 15.1. The highest BCUT2D eigenvalue weighted by Gasteiger charge is 2.52. The Bertz CT molecular complexity index is 2790. The summed E-state index contributed by atoms with van der Waals surface area (Å²) in [5, 5.41) is 4.45. The number of hydrogen-bond donors (Lipinski definition) is 0. The van der Waals surface area contributed by atoms with E-state index in [9.17, 15) is 52.7 Å². The van der Waals surface area contributed by atoms with Crippen LogP contribution < -0.4 is 37.8 Å². The van der Waals surface area contributed by atoms with Gasteiger partial charge in [0.25, 0.3) is 0 Å². The lowest BCUT2D eigenvalue weighted by atomic mass is 9.12. The van der Waals surface area contributed by atoms with Gasteiger partial charge in [-0.15, -0.1) is 21.9 Å². The van der Waals surface area contributed by atoms with E-state index in [0.29, 0.717) is 0 Å². The van der Waals surface area contributed by atoms with Crippen LogP contribution in [0.2, 0.25) is 0 Å². The Balaban J connectivity index is 0.000000270. The first kappa shape index (κ1) is 53.0. The van der Waals surface area contributed by atoms with Gasteiger partial charge < -0.3 is 0 Å². The molecule has 0 atom stereocenters. The van der Waals surface area contributed by atoms with E-state index in [0.717, 1.165) is 0 Å². The van der Waals surface area contributed by atoms with Gasteiger partial charge in [0.2, 0.25) is 0 Å². The van der Waals surface area contributed by atoms with Crippen LogP contribution in [0.15, 0.2) is 54.6 Å². The fourth-order valence-corrected chi connectivity index (χ4v) is 11.2. The number of aryl methyl sites for hydroxylation is 3. The highest BCUT2D eigenvalue weighted by atomic mass is 31.1. The minimum Gasteiger partial charge on any atom is -0.207 e. The van der Waals surface area contributed by atoms with E-state index in [4.69, 9.17) is 0 Å². The molecule has 7 aromatic rings. The molecule has 0 N–H and O–H groups in total. The van der Waals surface area contributed by atoms with Gasteiger partial charge in [-0.3, -0.25) is 0 Å². The van der Waals surface area contributed by atoms with Crippen molar-refractivity contribution in [2.24, 2.45) is 0 Å². The second kappa shape index (κ2) is 19.4. The Morgan fingerprint density at radius 2 is 0.400 bits per heavy atom. The third-order valence-electron chi connectivity index (χ3n) is 12.2. The van der Waals surface area contributed by atoms with Crippen LogP contribution in [0.25, 0.3) is 0 Å². The molecule has 0 fully saturated rings. The molecule has 0 radical (unpaired) electrons. The minimum absolute atomic E-state index is 0.557. The summed E-state index contributed by atoms with van der Waals surface area (Å²) in [6.07, 6.45) is -7.22. The maximum Gasteiger partial charge on any atom is 0.200 e. The maximum absolute atomic E-state index is 15.4. The lowest BCUT2D eigenvalue weighted by molar-refractivity contribution is 0.378. The first-order valence-electron chi connectivity index (χ1n) is 19.8. The maximum atomic E-state index is 15.4. The summed E-state index contributed by atoms with van der Waals surface area (Å²) in [5.41, 5.74) is -5.92. The summed E-state index contributed by atoms with van der Waals surface area (Å²) in [4.78, 5) is 0. The molecule has 0 amide bonds. The number of rotatable bonds is 7. The normalized spacial score (nSPS) is 11.7. The van der Waals surface area contributed by atoms with Crippen LogP contribution in [0.4, 0.5) is 87.8 Å². The molecule has 7 aromatic carbocycles. The van der Waals surface area contributed by atoms with Crippen molar-refractivity contribution >= 4 is 51.8 Å². The van der Waals surface area contributed by atoms with E-state index in [-0.39, 0.29) is 0 Å². The summed E-state index contributed by atoms with van der Waals surface area (Å²) in [6, 6.07) is 20.3. The average molecular weight is 1030 g/mol. The molecular weight excluding hydrogens is 998 g/mol. The van der Waals surface area contributed by atoms with Crippen molar-refractivity contribution in [2.75, 3.05) is 0 Å². The molecule has 22 heteroatoms. The molecule has 0 aliphatic rings. The van der Waals surface area contributed by atoms with Crippen LogP contribution in [0.5, 0.6) is 0 Å². The Morgan fingerprint density at radius 3 is 0.571 bits per heavy atom. The fourth-order valence-electron chi connectivity index (χ4n) is 8.20. The van der Waals surface area contributed by atoms with Crippen molar-refractivity contribution in [1.82, 2.24) is 0 Å². The van der Waals surface area contributed by atoms with Gasteiger partial charge in [0.1, 0.15) is 52.7 Å². The quantitative estimate of drug-likeness (QED) is 0.0491. The summed E-state index contributed by atoms with van der Waals surface area (Å²) < 4.78 is 294. The van der Waals surface area contributed by atoms with Crippen molar-refractivity contribution < 1.29 is 87.8 Å². The van der Waals surface area contributed by atoms with Crippen molar-refractivity contribution in [3.8, 4) is 0 Å². The van der Waals surface area contributed by atoms with Gasteiger partial charge in [-0.05, 0) is 98.8 Å². The Labute approximate surface area is 384 Å². The zero-order chi connectivity index (χ0) is 52.5. The fraction of sp³-hybridized carbons (Fsp3) is 0.125. The standard InChI is InChI=1S/C24BF20.C24H27P/c26-5-1(6(27)14(35)21(42)13(5)34)25(2-7(28)15(36)22(43)16(37)8(2)29,3-9(30)17(38)23(44)18(39)10(3)31)4-11(32)19(40)24(45)20(41)12(4)33;1-16-10-7-13-22(19(16)4)25(23-14-8-11-17(2)20(23)5)24-15-9-12-18(3)21(24)6/h;7-15H,1-6H3/q-1;. The second-order valence-corrected chi connectivity index (χ2v) is 17.9. The number of halogens is 20. The van der Waals surface area contributed by atoms with Crippen LogP contribution in [0, 0.1) is 158 Å². The lowest BCUT2D eigenvalue weighted by Gasteiger charge is -2.44. The molecule has 0 saturated carbocycles. The molecule has 0 aliphatic carbocycles. The van der Waals surface area contributed by atoms with E-state index in [2.05, 4.69) is 96.1 Å². The van der Waals surface area contributed by atoms with Crippen molar-refractivity contribution in [1.29, 1.82) is 0 Å². The molecule has 7 rings (SSSR count). The zero-order valence-corrected chi connectivity index (χ0v) is 37.2. The molecule has 0 nitrogen and oxygen atoms in total. The van der Waals surface area contributed by atoms with Crippen molar-refractivity contribution in [3.05, 3.63) is 204 Å². The van der Waals surface area contributed by atoms with E-state index in [1.807, 2.05) is 0 Å². The molecule has 70 heavy (non-hydrogen) atoms. The van der Waals surface area contributed by atoms with Crippen LogP contribution in [-0.2, 0) is 0 Å². The second-order valence-electron chi connectivity index (χ2n) is 15.8. The predicted molar refractivity (Wildman–Crippen MR) is 223 cm³/mol. The van der Waals surface area contributed by atoms with Crippen LogP contribution in [0.3, 0.4) is 0 Å². The van der Waals surface area contributed by atoms with E-state index in [1.54, 1.807) is 0 Å². The first-order chi connectivity index (χ1) is 32.6. The SMILES string of the molecule is Cc1cccc(P(c2cccc(C)c2C)c2cccc(C)c2C)c1C.Fc1c(F)c(F)c([B-](c2c(F)c(F)c(F)c(F)c2F)(c2c(F)c(F)c(F)c(F)c2F)c2c(F)c(F)c(F)c(F)c2F)c(F)c1F. The van der Waals surface area contributed by atoms with Gasteiger partial charge in [0, 0.05) is 0 Å². The zero-order valence-electron chi connectivity index (χ0n) is 36.3. The van der Waals surface area contributed by atoms with Gasteiger partial charge in [-0.1, -0.05) is 54.6 Å². The minimum atomic E-state index is -7.22. The molecule has 0 aliphatic heterocycles. The van der Waals surface area contributed by atoms with E-state index in [1.165, 1.54) is 49.3 Å². The Kier molecular flexibility index (Phi) is 14.7. The average Bonchev–Trinajstić information content (AvgIpc) is 3.33. The van der Waals surface area contributed by atoms with Crippen LogP contribution in [0.1, 0.15) is 33.4 Å². The summed E-state index contributed by atoms with van der Waals surface area (Å²) in [6.45, 7) is 13.5. The van der Waals surface area contributed by atoms with E-state index >= 15 is 35.1 Å².